The Balaban J connectivity index is 1.21. The van der Waals surface area contributed by atoms with Crippen LogP contribution in [0.4, 0.5) is 21.7 Å². The van der Waals surface area contributed by atoms with Crippen LogP contribution in [-0.4, -0.2) is 32.6 Å². The zero-order valence-corrected chi connectivity index (χ0v) is 23.2. The number of para-hydroxylation sites is 2. The summed E-state index contributed by atoms with van der Waals surface area (Å²) in [6.45, 7) is 1.58. The number of hydrogen-bond donors (Lipinski definition) is 1. The van der Waals surface area contributed by atoms with Crippen LogP contribution >= 0.6 is 0 Å². The molecule has 0 amide bonds. The molecule has 1 fully saturated rings. The average Bonchev–Trinajstić information content (AvgIpc) is 3.48. The second-order valence-corrected chi connectivity index (χ2v) is 10.5. The summed E-state index contributed by atoms with van der Waals surface area (Å²) in [6, 6.07) is 29.8. The van der Waals surface area contributed by atoms with Gasteiger partial charge in [0.05, 0.1) is 23.4 Å². The summed E-state index contributed by atoms with van der Waals surface area (Å²) in [5, 5.41) is 3.44. The molecule has 6 nitrogen and oxygen atoms in total. The van der Waals surface area contributed by atoms with Gasteiger partial charge in [0.25, 0.3) is 0 Å². The average molecular weight is 547 g/mol. The molecule has 0 saturated heterocycles. The van der Waals surface area contributed by atoms with E-state index >= 15 is 0 Å². The Bertz CT molecular complexity index is 1490. The van der Waals surface area contributed by atoms with Gasteiger partial charge < -0.3 is 14.8 Å². The first kappa shape index (κ1) is 26.7. The lowest BCUT2D eigenvalue weighted by atomic mass is 9.95. The maximum atomic E-state index is 13.7. The van der Waals surface area contributed by atoms with E-state index in [1.165, 1.54) is 42.8 Å². The number of hydrogen-bond acceptors (Lipinski definition) is 5. The first-order valence-electron chi connectivity index (χ1n) is 14.5. The molecule has 1 saturated carbocycles. The molecule has 2 aromatic heterocycles. The molecule has 0 aliphatic heterocycles. The zero-order chi connectivity index (χ0) is 27.9. The normalized spacial score (nSPS) is 13.7. The van der Waals surface area contributed by atoms with Crippen LogP contribution in [-0.2, 0) is 0 Å². The highest BCUT2D eigenvalue weighted by Crippen LogP contribution is 2.37. The first-order chi connectivity index (χ1) is 20.3. The Morgan fingerprint density at radius 1 is 0.805 bits per heavy atom. The lowest BCUT2D eigenvalue weighted by molar-refractivity contribution is 0.355. The predicted octanol–water partition coefficient (Wildman–Crippen LogP) is 8.29. The molecule has 6 rings (SSSR count). The molecule has 5 aromatic rings. The highest BCUT2D eigenvalue weighted by molar-refractivity contribution is 5.77. The van der Waals surface area contributed by atoms with E-state index in [-0.39, 0.29) is 5.82 Å². The second kappa shape index (κ2) is 12.8. The molecule has 0 bridgehead atoms. The standard InChI is InChI=1S/C34H35FN6/c35-27-19-17-26(18-20-27)32-33(41(25-38-32)30-15-8-3-9-16-30)31-21-23-37-34(39-31)36-22-10-24-40(28-11-4-1-5-12-28)29-13-6-2-7-14-29/h1-2,4-7,11-14,17-21,23,25,30H,3,8-10,15-16,22,24H2,(H,36,37,39). The van der Waals surface area contributed by atoms with E-state index in [2.05, 4.69) is 68.3 Å². The summed E-state index contributed by atoms with van der Waals surface area (Å²) < 4.78 is 16.0. The van der Waals surface area contributed by atoms with Crippen molar-refractivity contribution >= 4 is 17.3 Å². The van der Waals surface area contributed by atoms with E-state index in [0.717, 1.165) is 55.0 Å². The summed E-state index contributed by atoms with van der Waals surface area (Å²) >= 11 is 0. The third-order valence-electron chi connectivity index (χ3n) is 7.76. The van der Waals surface area contributed by atoms with Gasteiger partial charge in [-0.25, -0.2) is 19.3 Å². The van der Waals surface area contributed by atoms with E-state index in [0.29, 0.717) is 12.0 Å². The molecule has 2 heterocycles. The first-order valence-corrected chi connectivity index (χ1v) is 14.5. The van der Waals surface area contributed by atoms with Crippen LogP contribution in [0.5, 0.6) is 0 Å². The molecule has 7 heteroatoms. The minimum atomic E-state index is -0.256. The SMILES string of the molecule is Fc1ccc(-c2ncn(C3CCCCC3)c2-c2ccnc(NCCCN(c3ccccc3)c3ccccc3)n2)cc1. The molecular formula is C34H35FN6. The van der Waals surface area contributed by atoms with Crippen molar-refractivity contribution in [2.75, 3.05) is 23.3 Å². The van der Waals surface area contributed by atoms with Gasteiger partial charge in [0, 0.05) is 42.3 Å². The fourth-order valence-corrected chi connectivity index (χ4v) is 5.71. The number of imidazole rings is 1. The maximum absolute atomic E-state index is 13.7. The van der Waals surface area contributed by atoms with Crippen molar-refractivity contribution in [1.29, 1.82) is 0 Å². The molecule has 208 valence electrons. The molecular weight excluding hydrogens is 511 g/mol. The summed E-state index contributed by atoms with van der Waals surface area (Å²) in [7, 11) is 0. The molecule has 1 N–H and O–H groups in total. The molecule has 41 heavy (non-hydrogen) atoms. The molecule has 0 unspecified atom stereocenters. The van der Waals surface area contributed by atoms with Gasteiger partial charge in [-0.3, -0.25) is 0 Å². The lowest BCUT2D eigenvalue weighted by Crippen LogP contribution is -2.21. The molecule has 1 aliphatic rings. The highest BCUT2D eigenvalue weighted by atomic mass is 19.1. The van der Waals surface area contributed by atoms with Gasteiger partial charge >= 0.3 is 0 Å². The monoisotopic (exact) mass is 546 g/mol. The van der Waals surface area contributed by atoms with Crippen LogP contribution in [0.15, 0.2) is 104 Å². The largest absolute Gasteiger partial charge is 0.354 e. The summed E-state index contributed by atoms with van der Waals surface area (Å²) in [6.07, 6.45) is 10.6. The Kier molecular flexibility index (Phi) is 8.31. The molecule has 0 radical (unpaired) electrons. The van der Waals surface area contributed by atoms with Gasteiger partial charge in [-0.05, 0) is 73.9 Å². The van der Waals surface area contributed by atoms with Crippen molar-refractivity contribution in [3.8, 4) is 22.6 Å². The Labute approximate surface area is 240 Å². The van der Waals surface area contributed by atoms with Crippen LogP contribution in [0.2, 0.25) is 0 Å². The van der Waals surface area contributed by atoms with E-state index in [9.17, 15) is 4.39 Å². The number of anilines is 3. The minimum absolute atomic E-state index is 0.256. The third kappa shape index (κ3) is 6.30. The van der Waals surface area contributed by atoms with Crippen LogP contribution in [0.25, 0.3) is 22.6 Å². The number of nitrogens with one attached hydrogen (secondary N) is 1. The number of rotatable bonds is 10. The van der Waals surface area contributed by atoms with Crippen molar-refractivity contribution in [2.24, 2.45) is 0 Å². The number of aromatic nitrogens is 4. The Morgan fingerprint density at radius 3 is 2.17 bits per heavy atom. The quantitative estimate of drug-likeness (QED) is 0.179. The number of halogens is 1. The van der Waals surface area contributed by atoms with Crippen LogP contribution < -0.4 is 10.2 Å². The molecule has 1 aliphatic carbocycles. The van der Waals surface area contributed by atoms with Gasteiger partial charge in [0.2, 0.25) is 5.95 Å². The van der Waals surface area contributed by atoms with Crippen LogP contribution in [0.3, 0.4) is 0 Å². The van der Waals surface area contributed by atoms with Gasteiger partial charge in [-0.1, -0.05) is 55.7 Å². The van der Waals surface area contributed by atoms with Crippen molar-refractivity contribution in [3.63, 3.8) is 0 Å². The zero-order valence-electron chi connectivity index (χ0n) is 23.2. The van der Waals surface area contributed by atoms with Gasteiger partial charge in [0.15, 0.2) is 0 Å². The highest BCUT2D eigenvalue weighted by Gasteiger charge is 2.23. The summed E-state index contributed by atoms with van der Waals surface area (Å²) in [4.78, 5) is 16.6. The third-order valence-corrected chi connectivity index (χ3v) is 7.76. The van der Waals surface area contributed by atoms with E-state index < -0.39 is 0 Å². The molecule has 0 atom stereocenters. The predicted molar refractivity (Wildman–Crippen MR) is 164 cm³/mol. The maximum Gasteiger partial charge on any atom is 0.223 e. The summed E-state index contributed by atoms with van der Waals surface area (Å²) in [5.74, 6) is 0.337. The Hall–Kier alpha value is -4.52. The van der Waals surface area contributed by atoms with Crippen molar-refractivity contribution in [1.82, 2.24) is 19.5 Å². The van der Waals surface area contributed by atoms with E-state index in [1.54, 1.807) is 18.3 Å². The van der Waals surface area contributed by atoms with Gasteiger partial charge in [0.1, 0.15) is 5.82 Å². The van der Waals surface area contributed by atoms with E-state index in [4.69, 9.17) is 9.97 Å². The number of nitrogens with zero attached hydrogens (tertiary/aromatic N) is 5. The molecule has 3 aromatic carbocycles. The lowest BCUT2D eigenvalue weighted by Gasteiger charge is -2.25. The van der Waals surface area contributed by atoms with Crippen molar-refractivity contribution in [3.05, 3.63) is 109 Å². The number of benzene rings is 3. The van der Waals surface area contributed by atoms with Crippen molar-refractivity contribution < 1.29 is 4.39 Å². The Morgan fingerprint density at radius 2 is 1.49 bits per heavy atom. The van der Waals surface area contributed by atoms with Gasteiger partial charge in [-0.2, -0.15) is 0 Å². The second-order valence-electron chi connectivity index (χ2n) is 10.5. The fraction of sp³-hybridized carbons (Fsp3) is 0.265. The van der Waals surface area contributed by atoms with Crippen molar-refractivity contribution in [2.45, 2.75) is 44.6 Å². The van der Waals surface area contributed by atoms with Crippen LogP contribution in [0.1, 0.15) is 44.6 Å². The molecule has 0 spiro atoms. The van der Waals surface area contributed by atoms with Crippen LogP contribution in [0, 0.1) is 5.82 Å². The fourth-order valence-electron chi connectivity index (χ4n) is 5.71. The van der Waals surface area contributed by atoms with Gasteiger partial charge in [-0.15, -0.1) is 0 Å². The topological polar surface area (TPSA) is 58.9 Å². The smallest absolute Gasteiger partial charge is 0.223 e. The minimum Gasteiger partial charge on any atom is -0.354 e. The van der Waals surface area contributed by atoms with E-state index in [1.807, 2.05) is 24.5 Å². The summed E-state index contributed by atoms with van der Waals surface area (Å²) in [5.41, 5.74) is 5.82.